The van der Waals surface area contributed by atoms with E-state index in [1.807, 2.05) is 0 Å². The zero-order valence-electron chi connectivity index (χ0n) is 15.2. The van der Waals surface area contributed by atoms with Crippen LogP contribution < -0.4 is 14.2 Å². The van der Waals surface area contributed by atoms with Crippen LogP contribution in [-0.2, 0) is 20.0 Å². The molecule has 0 atom stereocenters. The van der Waals surface area contributed by atoms with E-state index in [0.29, 0.717) is 0 Å². The third-order valence-electron chi connectivity index (χ3n) is 3.47. The normalized spacial score (nSPS) is 12.0. The topological polar surface area (TPSA) is 145 Å². The Bertz CT molecular complexity index is 1100. The highest BCUT2D eigenvalue weighted by Crippen LogP contribution is 2.31. The quantitative estimate of drug-likeness (QED) is 0.483. The Hall–Kier alpha value is -2.70. The first-order chi connectivity index (χ1) is 13.0. The minimum atomic E-state index is -4.39. The molecular weight excluding hydrogens is 410 g/mol. The molecule has 0 fully saturated rings. The molecule has 0 bridgehead atoms. The molecule has 0 radical (unpaired) electrons. The van der Waals surface area contributed by atoms with Gasteiger partial charge in [0.05, 0.1) is 22.6 Å². The maximum Gasteiger partial charge on any atom is 0.289 e. The van der Waals surface area contributed by atoms with Crippen molar-refractivity contribution in [2.75, 3.05) is 11.8 Å². The van der Waals surface area contributed by atoms with Gasteiger partial charge < -0.3 is 4.74 Å². The first kappa shape index (κ1) is 21.6. The number of anilines is 1. The van der Waals surface area contributed by atoms with E-state index in [-0.39, 0.29) is 22.4 Å². The Kier molecular flexibility index (Phi) is 6.27. The van der Waals surface area contributed by atoms with Crippen LogP contribution in [0.1, 0.15) is 13.8 Å². The molecule has 10 nitrogen and oxygen atoms in total. The van der Waals surface area contributed by atoms with Crippen LogP contribution in [0.3, 0.4) is 0 Å². The number of sulfonamides is 2. The van der Waals surface area contributed by atoms with Crippen LogP contribution in [0, 0.1) is 10.1 Å². The first-order valence-corrected chi connectivity index (χ1v) is 10.9. The number of methoxy groups -OCH3 is 1. The van der Waals surface area contributed by atoms with E-state index >= 15 is 0 Å². The van der Waals surface area contributed by atoms with E-state index in [2.05, 4.69) is 9.44 Å². The second kappa shape index (κ2) is 8.12. The molecule has 2 aromatic rings. The van der Waals surface area contributed by atoms with Gasteiger partial charge in [0.2, 0.25) is 10.0 Å². The molecular formula is C16H19N3O7S2. The van der Waals surface area contributed by atoms with Crippen molar-refractivity contribution < 1.29 is 26.5 Å². The van der Waals surface area contributed by atoms with Crippen molar-refractivity contribution in [3.63, 3.8) is 0 Å². The van der Waals surface area contributed by atoms with Gasteiger partial charge in [0.1, 0.15) is 5.75 Å². The Morgan fingerprint density at radius 3 is 2.25 bits per heavy atom. The third-order valence-corrected chi connectivity index (χ3v) is 6.54. The van der Waals surface area contributed by atoms with E-state index in [1.54, 1.807) is 13.8 Å². The maximum atomic E-state index is 12.7. The van der Waals surface area contributed by atoms with Crippen LogP contribution in [0.5, 0.6) is 5.75 Å². The molecule has 152 valence electrons. The maximum absolute atomic E-state index is 12.7. The standard InChI is InChI=1S/C16H19N3O7S2/c1-11(2)17-27(22,23)12-8-9-15(26-3)13(10-12)18-28(24,25)16-7-5-4-6-14(16)19(20)21/h4-11,17-18H,1-3H3. The molecule has 0 aromatic heterocycles. The lowest BCUT2D eigenvalue weighted by Gasteiger charge is -2.15. The van der Waals surface area contributed by atoms with Crippen molar-refractivity contribution >= 4 is 31.4 Å². The lowest BCUT2D eigenvalue weighted by molar-refractivity contribution is -0.387. The number of nitro groups is 1. The Morgan fingerprint density at radius 2 is 1.68 bits per heavy atom. The molecule has 28 heavy (non-hydrogen) atoms. The summed E-state index contributed by atoms with van der Waals surface area (Å²) in [6.45, 7) is 3.28. The van der Waals surface area contributed by atoms with Crippen molar-refractivity contribution in [3.8, 4) is 5.75 Å². The molecule has 0 unspecified atom stereocenters. The van der Waals surface area contributed by atoms with Crippen LogP contribution in [-0.4, -0.2) is 34.9 Å². The van der Waals surface area contributed by atoms with E-state index < -0.39 is 35.6 Å². The minimum absolute atomic E-state index is 0.0469. The van der Waals surface area contributed by atoms with Gasteiger partial charge in [-0.2, -0.15) is 0 Å². The molecule has 0 saturated carbocycles. The van der Waals surface area contributed by atoms with Gasteiger partial charge in [-0.15, -0.1) is 0 Å². The average Bonchev–Trinajstić information content (AvgIpc) is 2.60. The smallest absolute Gasteiger partial charge is 0.289 e. The van der Waals surface area contributed by atoms with Crippen LogP contribution in [0.25, 0.3) is 0 Å². The second-order valence-electron chi connectivity index (χ2n) is 5.97. The molecule has 2 N–H and O–H groups in total. The van der Waals surface area contributed by atoms with Gasteiger partial charge in [-0.1, -0.05) is 12.1 Å². The number of ether oxygens (including phenoxy) is 1. The zero-order valence-corrected chi connectivity index (χ0v) is 16.9. The molecule has 0 heterocycles. The molecule has 0 saturated heterocycles. The summed E-state index contributed by atoms with van der Waals surface area (Å²) < 4.78 is 59.7. The van der Waals surface area contributed by atoms with Gasteiger partial charge in [0, 0.05) is 12.1 Å². The summed E-state index contributed by atoms with van der Waals surface area (Å²) in [5, 5.41) is 11.1. The van der Waals surface area contributed by atoms with Gasteiger partial charge in [0.25, 0.3) is 15.7 Å². The Balaban J connectivity index is 2.53. The fourth-order valence-electron chi connectivity index (χ4n) is 2.35. The number of nitrogens with zero attached hydrogens (tertiary/aromatic N) is 1. The highest BCUT2D eigenvalue weighted by Gasteiger charge is 2.27. The van der Waals surface area contributed by atoms with Crippen LogP contribution in [0.4, 0.5) is 11.4 Å². The highest BCUT2D eigenvalue weighted by atomic mass is 32.2. The molecule has 0 spiro atoms. The summed E-state index contributed by atoms with van der Waals surface area (Å²) in [5.74, 6) is 0.0469. The van der Waals surface area contributed by atoms with Crippen molar-refractivity contribution in [2.45, 2.75) is 29.7 Å². The first-order valence-electron chi connectivity index (χ1n) is 7.94. The van der Waals surface area contributed by atoms with Crippen molar-refractivity contribution in [2.24, 2.45) is 0 Å². The van der Waals surface area contributed by atoms with Gasteiger partial charge >= 0.3 is 0 Å². The van der Waals surface area contributed by atoms with Crippen LogP contribution in [0.2, 0.25) is 0 Å². The number of hydrogen-bond acceptors (Lipinski definition) is 7. The van der Waals surface area contributed by atoms with Crippen molar-refractivity contribution in [1.29, 1.82) is 0 Å². The second-order valence-corrected chi connectivity index (χ2v) is 9.33. The van der Waals surface area contributed by atoms with E-state index in [0.717, 1.165) is 18.2 Å². The van der Waals surface area contributed by atoms with E-state index in [4.69, 9.17) is 4.74 Å². The number of hydrogen-bond donors (Lipinski definition) is 2. The summed E-state index contributed by atoms with van der Waals surface area (Å²) >= 11 is 0. The minimum Gasteiger partial charge on any atom is -0.495 e. The lowest BCUT2D eigenvalue weighted by atomic mass is 10.3. The zero-order chi connectivity index (χ0) is 21.1. The van der Waals surface area contributed by atoms with E-state index in [9.17, 15) is 26.9 Å². The molecule has 0 aliphatic heterocycles. The molecule has 0 amide bonds. The number of rotatable bonds is 8. The summed E-state index contributed by atoms with van der Waals surface area (Å²) in [6.07, 6.45) is 0. The van der Waals surface area contributed by atoms with Crippen molar-refractivity contribution in [1.82, 2.24) is 4.72 Å². The molecule has 0 aliphatic carbocycles. The fourth-order valence-corrected chi connectivity index (χ4v) is 4.86. The highest BCUT2D eigenvalue weighted by molar-refractivity contribution is 7.93. The largest absolute Gasteiger partial charge is 0.495 e. The summed E-state index contributed by atoms with van der Waals surface area (Å²) in [7, 11) is -7.01. The number of nitro benzene ring substituents is 1. The Morgan fingerprint density at radius 1 is 1.04 bits per heavy atom. The van der Waals surface area contributed by atoms with Gasteiger partial charge in [-0.25, -0.2) is 21.6 Å². The predicted octanol–water partition coefficient (Wildman–Crippen LogP) is 2.09. The van der Waals surface area contributed by atoms with Crippen molar-refractivity contribution in [3.05, 3.63) is 52.6 Å². The average molecular weight is 429 g/mol. The third kappa shape index (κ3) is 4.77. The molecule has 2 rings (SSSR count). The number of benzene rings is 2. The van der Waals surface area contributed by atoms with Gasteiger partial charge in [-0.3, -0.25) is 14.8 Å². The van der Waals surface area contributed by atoms with Crippen LogP contribution in [0.15, 0.2) is 52.3 Å². The molecule has 0 aliphatic rings. The molecule has 2 aromatic carbocycles. The monoisotopic (exact) mass is 429 g/mol. The predicted molar refractivity (Wildman–Crippen MR) is 102 cm³/mol. The number of para-hydroxylation sites is 1. The lowest BCUT2D eigenvalue weighted by Crippen LogP contribution is -2.30. The van der Waals surface area contributed by atoms with Crippen LogP contribution >= 0.6 is 0 Å². The number of nitrogens with one attached hydrogen (secondary N) is 2. The van der Waals surface area contributed by atoms with Gasteiger partial charge in [-0.05, 0) is 38.1 Å². The van der Waals surface area contributed by atoms with E-state index in [1.165, 1.54) is 31.4 Å². The summed E-state index contributed by atoms with van der Waals surface area (Å²) in [6, 6.07) is 8.05. The molecule has 12 heteroatoms. The fraction of sp³-hybridized carbons (Fsp3) is 0.250. The SMILES string of the molecule is COc1ccc(S(=O)(=O)NC(C)C)cc1NS(=O)(=O)c1ccccc1[N+](=O)[O-]. The summed E-state index contributed by atoms with van der Waals surface area (Å²) in [5.41, 5.74) is -0.786. The Labute approximate surface area is 162 Å². The van der Waals surface area contributed by atoms with Gasteiger partial charge in [0.15, 0.2) is 4.90 Å². The summed E-state index contributed by atoms with van der Waals surface area (Å²) in [4.78, 5) is 9.56.